The number of nitrogens with zero attached hydrogens (tertiary/aromatic N) is 1. The smallest absolute Gasteiger partial charge is 0.321 e. The van der Waals surface area contributed by atoms with Gasteiger partial charge in [0.1, 0.15) is 5.76 Å². The predicted octanol–water partition coefficient (Wildman–Crippen LogP) is 1.58. The summed E-state index contributed by atoms with van der Waals surface area (Å²) in [5, 5.41) is 4.93. The van der Waals surface area contributed by atoms with E-state index >= 15 is 0 Å². The maximum Gasteiger partial charge on any atom is 0.321 e. The van der Waals surface area contributed by atoms with E-state index in [1.165, 1.54) is 6.42 Å². The summed E-state index contributed by atoms with van der Waals surface area (Å²) in [4.78, 5) is 25.6. The van der Waals surface area contributed by atoms with Crippen molar-refractivity contribution in [2.75, 3.05) is 19.6 Å². The van der Waals surface area contributed by atoms with Gasteiger partial charge >= 0.3 is 6.03 Å². The van der Waals surface area contributed by atoms with Gasteiger partial charge in [-0.15, -0.1) is 0 Å². The van der Waals surface area contributed by atoms with Crippen molar-refractivity contribution in [2.45, 2.75) is 26.8 Å². The summed E-state index contributed by atoms with van der Waals surface area (Å²) >= 11 is 0. The molecule has 0 spiro atoms. The third-order valence-corrected chi connectivity index (χ3v) is 3.57. The lowest BCUT2D eigenvalue weighted by molar-refractivity contribution is -0.121. The van der Waals surface area contributed by atoms with E-state index < -0.39 is 6.03 Å². The SMILES string of the molecule is C[C@@H]1C[C@H](C)CN(CC(=O)NC(=O)NCc2ccco2)C1. The summed E-state index contributed by atoms with van der Waals surface area (Å²) in [5.41, 5.74) is 0. The number of piperidine rings is 1. The van der Waals surface area contributed by atoms with Gasteiger partial charge in [0.15, 0.2) is 0 Å². The van der Waals surface area contributed by atoms with Crippen LogP contribution in [0, 0.1) is 11.8 Å². The van der Waals surface area contributed by atoms with Crippen molar-refractivity contribution in [2.24, 2.45) is 11.8 Å². The van der Waals surface area contributed by atoms with Crippen LogP contribution >= 0.6 is 0 Å². The van der Waals surface area contributed by atoms with Crippen LogP contribution in [0.15, 0.2) is 22.8 Å². The average molecular weight is 293 g/mol. The van der Waals surface area contributed by atoms with Gasteiger partial charge in [-0.05, 0) is 30.4 Å². The Bertz CT molecular complexity index is 463. The second-order valence-corrected chi connectivity index (χ2v) is 5.95. The maximum absolute atomic E-state index is 11.9. The molecule has 21 heavy (non-hydrogen) atoms. The van der Waals surface area contributed by atoms with E-state index in [0.29, 0.717) is 17.6 Å². The standard InChI is InChI=1S/C15H23N3O3/c1-11-6-12(2)9-18(8-11)10-14(19)17-15(20)16-7-13-4-3-5-21-13/h3-5,11-12H,6-10H2,1-2H3,(H2,16,17,19,20)/t11-,12+. The lowest BCUT2D eigenvalue weighted by atomic mass is 9.92. The van der Waals surface area contributed by atoms with E-state index in [4.69, 9.17) is 4.42 Å². The number of furan rings is 1. The van der Waals surface area contributed by atoms with Crippen molar-refractivity contribution in [3.8, 4) is 0 Å². The van der Waals surface area contributed by atoms with Gasteiger partial charge in [0.25, 0.3) is 0 Å². The number of carbonyl (C=O) groups excluding carboxylic acids is 2. The van der Waals surface area contributed by atoms with Gasteiger partial charge in [-0.3, -0.25) is 15.0 Å². The number of urea groups is 1. The van der Waals surface area contributed by atoms with Gasteiger partial charge in [0, 0.05) is 13.1 Å². The highest BCUT2D eigenvalue weighted by molar-refractivity contribution is 5.95. The second-order valence-electron chi connectivity index (χ2n) is 5.95. The summed E-state index contributed by atoms with van der Waals surface area (Å²) in [5.74, 6) is 1.56. The Hall–Kier alpha value is -1.82. The van der Waals surface area contributed by atoms with Crippen LogP contribution in [0.1, 0.15) is 26.0 Å². The molecule has 1 saturated heterocycles. The number of hydrogen-bond acceptors (Lipinski definition) is 4. The fourth-order valence-corrected chi connectivity index (χ4v) is 2.92. The van der Waals surface area contributed by atoms with Gasteiger partial charge in [0.05, 0.1) is 19.4 Å². The van der Waals surface area contributed by atoms with Crippen LogP contribution < -0.4 is 10.6 Å². The first kappa shape index (κ1) is 15.6. The molecule has 1 aromatic heterocycles. The number of amides is 3. The summed E-state index contributed by atoms with van der Waals surface area (Å²) < 4.78 is 5.10. The Balaban J connectivity index is 1.69. The van der Waals surface area contributed by atoms with Gasteiger partial charge in [-0.2, -0.15) is 0 Å². The van der Waals surface area contributed by atoms with E-state index in [9.17, 15) is 9.59 Å². The van der Waals surface area contributed by atoms with Gasteiger partial charge in [-0.25, -0.2) is 4.79 Å². The molecule has 0 aromatic carbocycles. The van der Waals surface area contributed by atoms with E-state index in [1.807, 2.05) is 0 Å². The zero-order valence-corrected chi connectivity index (χ0v) is 12.6. The minimum absolute atomic E-state index is 0.267. The highest BCUT2D eigenvalue weighted by Crippen LogP contribution is 2.20. The Labute approximate surface area is 124 Å². The van der Waals surface area contributed by atoms with Crippen LogP contribution in [0.4, 0.5) is 4.79 Å². The molecule has 1 aliphatic heterocycles. The average Bonchev–Trinajstić information content (AvgIpc) is 2.87. The van der Waals surface area contributed by atoms with Crippen LogP contribution in [-0.4, -0.2) is 36.5 Å². The molecule has 2 N–H and O–H groups in total. The van der Waals surface area contributed by atoms with Crippen molar-refractivity contribution in [1.82, 2.24) is 15.5 Å². The topological polar surface area (TPSA) is 74.6 Å². The second kappa shape index (κ2) is 7.26. The molecule has 2 rings (SSSR count). The molecule has 116 valence electrons. The lowest BCUT2D eigenvalue weighted by Gasteiger charge is -2.34. The van der Waals surface area contributed by atoms with Gasteiger partial charge < -0.3 is 9.73 Å². The number of nitrogens with one attached hydrogen (secondary N) is 2. The molecule has 1 aliphatic rings. The zero-order valence-electron chi connectivity index (χ0n) is 12.6. The largest absolute Gasteiger partial charge is 0.467 e. The Morgan fingerprint density at radius 2 is 2.05 bits per heavy atom. The molecule has 0 aliphatic carbocycles. The predicted molar refractivity (Wildman–Crippen MR) is 78.5 cm³/mol. The molecule has 6 nitrogen and oxygen atoms in total. The molecule has 1 fully saturated rings. The molecule has 0 unspecified atom stereocenters. The fraction of sp³-hybridized carbons (Fsp3) is 0.600. The number of rotatable bonds is 4. The summed E-state index contributed by atoms with van der Waals surface area (Å²) in [6.07, 6.45) is 2.74. The van der Waals surface area contributed by atoms with Crippen molar-refractivity contribution in [3.63, 3.8) is 0 Å². The first-order valence-electron chi connectivity index (χ1n) is 7.35. The molecular formula is C15H23N3O3. The molecule has 2 atom stereocenters. The fourth-order valence-electron chi connectivity index (χ4n) is 2.92. The van der Waals surface area contributed by atoms with Crippen LogP contribution in [0.3, 0.4) is 0 Å². The lowest BCUT2D eigenvalue weighted by Crippen LogP contribution is -2.47. The molecule has 2 heterocycles. The van der Waals surface area contributed by atoms with Crippen molar-refractivity contribution in [3.05, 3.63) is 24.2 Å². The molecule has 6 heteroatoms. The molecule has 0 bridgehead atoms. The third kappa shape index (κ3) is 5.23. The van der Waals surface area contributed by atoms with Crippen LogP contribution in [0.25, 0.3) is 0 Å². The number of imide groups is 1. The first-order valence-corrected chi connectivity index (χ1v) is 7.35. The molecular weight excluding hydrogens is 270 g/mol. The van der Waals surface area contributed by atoms with Crippen molar-refractivity contribution < 1.29 is 14.0 Å². The quantitative estimate of drug-likeness (QED) is 0.884. The summed E-state index contributed by atoms with van der Waals surface area (Å²) in [7, 11) is 0. The Morgan fingerprint density at radius 1 is 1.33 bits per heavy atom. The minimum Gasteiger partial charge on any atom is -0.467 e. The Kier molecular flexibility index (Phi) is 5.38. The molecule has 1 aromatic rings. The van der Waals surface area contributed by atoms with Crippen molar-refractivity contribution >= 4 is 11.9 Å². The zero-order chi connectivity index (χ0) is 15.2. The van der Waals surface area contributed by atoms with E-state index in [-0.39, 0.29) is 19.0 Å². The summed E-state index contributed by atoms with van der Waals surface area (Å²) in [6.45, 7) is 6.73. The Morgan fingerprint density at radius 3 is 2.67 bits per heavy atom. The number of carbonyl (C=O) groups is 2. The highest BCUT2D eigenvalue weighted by atomic mass is 16.3. The highest BCUT2D eigenvalue weighted by Gasteiger charge is 2.23. The number of hydrogen-bond donors (Lipinski definition) is 2. The monoisotopic (exact) mass is 293 g/mol. The maximum atomic E-state index is 11.9. The van der Waals surface area contributed by atoms with Gasteiger partial charge in [-0.1, -0.05) is 13.8 Å². The van der Waals surface area contributed by atoms with E-state index in [2.05, 4.69) is 29.4 Å². The van der Waals surface area contributed by atoms with Crippen molar-refractivity contribution in [1.29, 1.82) is 0 Å². The molecule has 0 radical (unpaired) electrons. The normalized spacial score (nSPS) is 22.8. The first-order chi connectivity index (χ1) is 10.0. The van der Waals surface area contributed by atoms with Gasteiger partial charge in [0.2, 0.25) is 5.91 Å². The van der Waals surface area contributed by atoms with Crippen LogP contribution in [0.5, 0.6) is 0 Å². The van der Waals surface area contributed by atoms with Crippen LogP contribution in [0.2, 0.25) is 0 Å². The molecule has 0 saturated carbocycles. The third-order valence-electron chi connectivity index (χ3n) is 3.57. The summed E-state index contributed by atoms with van der Waals surface area (Å²) in [6, 6.07) is 3.02. The molecule has 3 amide bonds. The minimum atomic E-state index is -0.491. The number of likely N-dealkylation sites (tertiary alicyclic amines) is 1. The van der Waals surface area contributed by atoms with Crippen LogP contribution in [-0.2, 0) is 11.3 Å². The van der Waals surface area contributed by atoms with E-state index in [0.717, 1.165) is 13.1 Å². The van der Waals surface area contributed by atoms with E-state index in [1.54, 1.807) is 18.4 Å².